The van der Waals surface area contributed by atoms with Gasteiger partial charge in [-0.25, -0.2) is 0 Å². The minimum Gasteiger partial charge on any atom is -0.380 e. The van der Waals surface area contributed by atoms with Crippen LogP contribution in [0.2, 0.25) is 0 Å². The highest BCUT2D eigenvalue weighted by molar-refractivity contribution is 5.72. The standard InChI is InChI=1S/C25H34N2/c1-24-12-5-15-27(3)17-19(24)7-8-20-22-10-9-21(18-6-4-14-26-16-18)25(22,2)13-11-23(20)24/h4,6,9,14,16-17,20,22-23H,5,7-8,10-13,15H2,1-3H3/t20?,22?,23?,24-,25+/m0/s1. The smallest absolute Gasteiger partial charge is 0.0343 e. The number of aromatic nitrogens is 1. The largest absolute Gasteiger partial charge is 0.380 e. The van der Waals surface area contributed by atoms with Gasteiger partial charge >= 0.3 is 0 Å². The van der Waals surface area contributed by atoms with Gasteiger partial charge in [-0.2, -0.15) is 0 Å². The Kier molecular flexibility index (Phi) is 4.04. The molecule has 1 aliphatic heterocycles. The van der Waals surface area contributed by atoms with Crippen LogP contribution in [0.25, 0.3) is 5.57 Å². The first-order valence-corrected chi connectivity index (χ1v) is 11.0. The molecular weight excluding hydrogens is 328 g/mol. The summed E-state index contributed by atoms with van der Waals surface area (Å²) in [6, 6.07) is 4.36. The van der Waals surface area contributed by atoms with Crippen LogP contribution < -0.4 is 0 Å². The average Bonchev–Trinajstić information content (AvgIpc) is 2.93. The Balaban J connectivity index is 1.47. The lowest BCUT2D eigenvalue weighted by molar-refractivity contribution is -0.0186. The van der Waals surface area contributed by atoms with E-state index in [0.717, 1.165) is 17.8 Å². The van der Waals surface area contributed by atoms with E-state index in [1.165, 1.54) is 57.1 Å². The third-order valence-electron chi connectivity index (χ3n) is 8.87. The molecule has 4 aliphatic rings. The van der Waals surface area contributed by atoms with E-state index in [4.69, 9.17) is 0 Å². The van der Waals surface area contributed by atoms with Crippen LogP contribution in [0.1, 0.15) is 64.4 Å². The second-order valence-electron chi connectivity index (χ2n) is 10.1. The van der Waals surface area contributed by atoms with Gasteiger partial charge in [-0.1, -0.05) is 26.0 Å². The van der Waals surface area contributed by atoms with Crippen molar-refractivity contribution in [1.82, 2.24) is 9.88 Å². The fraction of sp³-hybridized carbons (Fsp3) is 0.640. The minimum absolute atomic E-state index is 0.350. The second-order valence-corrected chi connectivity index (χ2v) is 10.1. The Hall–Kier alpha value is -1.57. The molecule has 0 N–H and O–H groups in total. The molecule has 5 rings (SSSR count). The Morgan fingerprint density at radius 2 is 2.00 bits per heavy atom. The molecule has 2 heterocycles. The number of hydrogen-bond donors (Lipinski definition) is 0. The molecule has 2 fully saturated rings. The number of allylic oxidation sites excluding steroid dienone is 3. The topological polar surface area (TPSA) is 16.1 Å². The molecule has 5 atom stereocenters. The highest BCUT2D eigenvalue weighted by atomic mass is 15.1. The highest BCUT2D eigenvalue weighted by Gasteiger charge is 2.56. The van der Waals surface area contributed by atoms with Gasteiger partial charge in [0.2, 0.25) is 0 Å². The zero-order chi connectivity index (χ0) is 18.6. The van der Waals surface area contributed by atoms with Gasteiger partial charge in [0.15, 0.2) is 0 Å². The molecule has 0 aromatic carbocycles. The molecule has 1 aromatic rings. The van der Waals surface area contributed by atoms with Crippen LogP contribution in [0, 0.1) is 28.6 Å². The van der Waals surface area contributed by atoms with Crippen molar-refractivity contribution in [3.63, 3.8) is 0 Å². The summed E-state index contributed by atoms with van der Waals surface area (Å²) in [7, 11) is 2.27. The van der Waals surface area contributed by atoms with Gasteiger partial charge in [-0.3, -0.25) is 4.98 Å². The Morgan fingerprint density at radius 1 is 1.11 bits per heavy atom. The second kappa shape index (κ2) is 6.22. The number of rotatable bonds is 1. The van der Waals surface area contributed by atoms with Crippen LogP contribution >= 0.6 is 0 Å². The summed E-state index contributed by atoms with van der Waals surface area (Å²) in [6.07, 6.45) is 18.5. The molecule has 2 saturated carbocycles. The van der Waals surface area contributed by atoms with Gasteiger partial charge in [0.25, 0.3) is 0 Å². The molecule has 3 aliphatic carbocycles. The molecule has 27 heavy (non-hydrogen) atoms. The quantitative estimate of drug-likeness (QED) is 0.616. The van der Waals surface area contributed by atoms with Gasteiger partial charge < -0.3 is 4.90 Å². The summed E-state index contributed by atoms with van der Waals surface area (Å²) in [5, 5.41) is 0. The fourth-order valence-electron chi connectivity index (χ4n) is 7.45. The zero-order valence-corrected chi connectivity index (χ0v) is 17.2. The summed E-state index contributed by atoms with van der Waals surface area (Å²) in [4.78, 5) is 6.86. The summed E-state index contributed by atoms with van der Waals surface area (Å²) in [6.45, 7) is 6.40. The highest BCUT2D eigenvalue weighted by Crippen LogP contribution is 2.66. The summed E-state index contributed by atoms with van der Waals surface area (Å²) < 4.78 is 0. The molecule has 0 spiro atoms. The number of fused-ring (bicyclic) bond motifs is 5. The van der Waals surface area contributed by atoms with E-state index in [1.54, 1.807) is 11.1 Å². The Bertz CT molecular complexity index is 779. The van der Waals surface area contributed by atoms with Crippen LogP contribution in [0.5, 0.6) is 0 Å². The monoisotopic (exact) mass is 362 g/mol. The third-order valence-corrected chi connectivity index (χ3v) is 8.87. The van der Waals surface area contributed by atoms with Crippen molar-refractivity contribution in [2.24, 2.45) is 28.6 Å². The summed E-state index contributed by atoms with van der Waals surface area (Å²) >= 11 is 0. The van der Waals surface area contributed by atoms with Crippen molar-refractivity contribution in [3.8, 4) is 0 Å². The van der Waals surface area contributed by atoms with Crippen LogP contribution in [0.4, 0.5) is 0 Å². The number of hydrogen-bond acceptors (Lipinski definition) is 2. The molecule has 0 saturated heterocycles. The first-order chi connectivity index (χ1) is 13.0. The maximum Gasteiger partial charge on any atom is 0.0343 e. The van der Waals surface area contributed by atoms with E-state index in [-0.39, 0.29) is 0 Å². The number of pyridine rings is 1. The molecule has 0 bridgehead atoms. The van der Waals surface area contributed by atoms with E-state index >= 15 is 0 Å². The molecule has 1 aromatic heterocycles. The van der Waals surface area contributed by atoms with Crippen LogP contribution in [-0.4, -0.2) is 23.5 Å². The van der Waals surface area contributed by atoms with E-state index in [1.807, 2.05) is 6.20 Å². The molecular formula is C25H34N2. The van der Waals surface area contributed by atoms with Crippen molar-refractivity contribution in [2.45, 2.75) is 58.8 Å². The van der Waals surface area contributed by atoms with Crippen molar-refractivity contribution in [2.75, 3.05) is 13.6 Å². The van der Waals surface area contributed by atoms with E-state index in [9.17, 15) is 0 Å². The van der Waals surface area contributed by atoms with E-state index in [2.05, 4.69) is 61.4 Å². The van der Waals surface area contributed by atoms with Crippen LogP contribution in [0.15, 0.2) is 42.4 Å². The van der Waals surface area contributed by atoms with Crippen molar-refractivity contribution >= 4 is 5.57 Å². The molecule has 3 unspecified atom stereocenters. The summed E-state index contributed by atoms with van der Waals surface area (Å²) in [5.74, 6) is 2.59. The van der Waals surface area contributed by atoms with Gasteiger partial charge in [0.1, 0.15) is 0 Å². The maximum atomic E-state index is 4.41. The predicted octanol–water partition coefficient (Wildman–Crippen LogP) is 5.93. The first-order valence-electron chi connectivity index (χ1n) is 11.0. The molecule has 0 amide bonds. The van der Waals surface area contributed by atoms with Gasteiger partial charge in [0, 0.05) is 26.0 Å². The van der Waals surface area contributed by atoms with Crippen LogP contribution in [0.3, 0.4) is 0 Å². The molecule has 2 nitrogen and oxygen atoms in total. The maximum absolute atomic E-state index is 4.41. The fourth-order valence-corrected chi connectivity index (χ4v) is 7.45. The normalized spacial score (nSPS) is 41.0. The van der Waals surface area contributed by atoms with Crippen LogP contribution in [-0.2, 0) is 0 Å². The SMILES string of the molecule is CN1C=C2CCC3C(CC[C@]4(C)C(c5cccnc5)=CCC34)[C@@]2(C)CCC1. The van der Waals surface area contributed by atoms with Gasteiger partial charge in [0.05, 0.1) is 0 Å². The Morgan fingerprint density at radius 3 is 2.81 bits per heavy atom. The van der Waals surface area contributed by atoms with E-state index in [0.29, 0.717) is 10.8 Å². The molecule has 2 heteroatoms. The predicted molar refractivity (Wildman–Crippen MR) is 112 cm³/mol. The summed E-state index contributed by atoms with van der Waals surface area (Å²) in [5.41, 5.74) is 5.49. The van der Waals surface area contributed by atoms with Crippen molar-refractivity contribution in [3.05, 3.63) is 47.9 Å². The lowest BCUT2D eigenvalue weighted by Crippen LogP contribution is -2.48. The lowest BCUT2D eigenvalue weighted by Gasteiger charge is -2.57. The van der Waals surface area contributed by atoms with E-state index < -0.39 is 0 Å². The zero-order valence-electron chi connectivity index (χ0n) is 17.2. The Labute approximate surface area is 164 Å². The average molecular weight is 363 g/mol. The van der Waals surface area contributed by atoms with Gasteiger partial charge in [-0.15, -0.1) is 0 Å². The van der Waals surface area contributed by atoms with Crippen molar-refractivity contribution in [1.29, 1.82) is 0 Å². The van der Waals surface area contributed by atoms with Gasteiger partial charge in [-0.05, 0) is 103 Å². The number of nitrogens with zero attached hydrogens (tertiary/aromatic N) is 2. The molecule has 144 valence electrons. The minimum atomic E-state index is 0.350. The molecule has 0 radical (unpaired) electrons. The first kappa shape index (κ1) is 17.5. The van der Waals surface area contributed by atoms with Crippen molar-refractivity contribution < 1.29 is 0 Å². The lowest BCUT2D eigenvalue weighted by atomic mass is 9.47. The third kappa shape index (κ3) is 2.55.